The van der Waals surface area contributed by atoms with Gasteiger partial charge < -0.3 is 4.90 Å². The Morgan fingerprint density at radius 1 is 1.04 bits per heavy atom. The zero-order valence-corrected chi connectivity index (χ0v) is 13.1. The van der Waals surface area contributed by atoms with Crippen molar-refractivity contribution >= 4 is 16.7 Å². The number of nitrogens with zero attached hydrogens (tertiary/aromatic N) is 4. The van der Waals surface area contributed by atoms with Crippen molar-refractivity contribution in [3.05, 3.63) is 72.3 Å². The van der Waals surface area contributed by atoms with Gasteiger partial charge >= 0.3 is 0 Å². The highest BCUT2D eigenvalue weighted by Crippen LogP contribution is 2.18. The summed E-state index contributed by atoms with van der Waals surface area (Å²) in [6.07, 6.45) is 3.60. The molecule has 0 spiro atoms. The highest BCUT2D eigenvalue weighted by atomic mass is 16.2. The quantitative estimate of drug-likeness (QED) is 0.725. The molecule has 0 saturated carbocycles. The van der Waals surface area contributed by atoms with Crippen molar-refractivity contribution in [3.63, 3.8) is 0 Å². The molecule has 2 aromatic heterocycles. The summed E-state index contributed by atoms with van der Waals surface area (Å²) in [4.78, 5) is 23.2. The zero-order chi connectivity index (χ0) is 16.8. The molecule has 5 heteroatoms. The van der Waals surface area contributed by atoms with E-state index in [0.29, 0.717) is 18.8 Å². The van der Waals surface area contributed by atoms with Crippen LogP contribution in [0.25, 0.3) is 10.8 Å². The van der Waals surface area contributed by atoms with Crippen LogP contribution >= 0.6 is 0 Å². The molecule has 3 aromatic rings. The molecule has 0 fully saturated rings. The van der Waals surface area contributed by atoms with Crippen molar-refractivity contribution in [2.24, 2.45) is 0 Å². The van der Waals surface area contributed by atoms with Crippen molar-refractivity contribution in [1.82, 2.24) is 14.9 Å². The van der Waals surface area contributed by atoms with E-state index in [1.807, 2.05) is 48.5 Å². The van der Waals surface area contributed by atoms with Gasteiger partial charge in [0.05, 0.1) is 24.7 Å². The minimum absolute atomic E-state index is 0.187. The second-order valence-corrected chi connectivity index (χ2v) is 5.34. The first-order valence-electron chi connectivity index (χ1n) is 7.69. The summed E-state index contributed by atoms with van der Waals surface area (Å²) in [5, 5.41) is 10.7. The van der Waals surface area contributed by atoms with Crippen LogP contribution in [0.1, 0.15) is 22.6 Å². The Kier molecular flexibility index (Phi) is 4.78. The standard InChI is InChI=1S/C19H16N4O/c20-10-5-13-23(14-16-7-3-4-11-21-16)19(24)18-17-8-2-1-6-15(17)9-12-22-18/h1-4,6-9,11-12H,5,13-14H2. The third kappa shape index (κ3) is 3.39. The van der Waals surface area contributed by atoms with E-state index in [-0.39, 0.29) is 12.3 Å². The van der Waals surface area contributed by atoms with Gasteiger partial charge in [-0.05, 0) is 23.6 Å². The van der Waals surface area contributed by atoms with Gasteiger partial charge in [-0.15, -0.1) is 0 Å². The second-order valence-electron chi connectivity index (χ2n) is 5.34. The van der Waals surface area contributed by atoms with Crippen LogP contribution in [0.15, 0.2) is 60.9 Å². The highest BCUT2D eigenvalue weighted by molar-refractivity contribution is 6.05. The molecule has 0 N–H and O–H groups in total. The molecule has 118 valence electrons. The Bertz CT molecular complexity index is 881. The lowest BCUT2D eigenvalue weighted by atomic mass is 10.1. The van der Waals surface area contributed by atoms with Crippen molar-refractivity contribution < 1.29 is 4.79 Å². The number of hydrogen-bond donors (Lipinski definition) is 0. The predicted molar refractivity (Wildman–Crippen MR) is 91.0 cm³/mol. The average molecular weight is 316 g/mol. The van der Waals surface area contributed by atoms with E-state index in [1.54, 1.807) is 17.3 Å². The molecule has 0 aliphatic carbocycles. The summed E-state index contributed by atoms with van der Waals surface area (Å²) in [6, 6.07) is 17.2. The predicted octanol–water partition coefficient (Wildman–Crippen LogP) is 3.19. The molecule has 1 aromatic carbocycles. The number of rotatable bonds is 5. The molecule has 0 unspecified atom stereocenters. The molecular formula is C19H16N4O. The average Bonchev–Trinajstić information content (AvgIpc) is 2.65. The van der Waals surface area contributed by atoms with Crippen molar-refractivity contribution in [1.29, 1.82) is 5.26 Å². The lowest BCUT2D eigenvalue weighted by Crippen LogP contribution is -2.32. The molecule has 5 nitrogen and oxygen atoms in total. The summed E-state index contributed by atoms with van der Waals surface area (Å²) >= 11 is 0. The lowest BCUT2D eigenvalue weighted by molar-refractivity contribution is 0.0741. The van der Waals surface area contributed by atoms with Crippen LogP contribution in [-0.4, -0.2) is 27.3 Å². The summed E-state index contributed by atoms with van der Waals surface area (Å²) in [5.41, 5.74) is 1.19. The number of amides is 1. The van der Waals surface area contributed by atoms with Crippen LogP contribution in [0.4, 0.5) is 0 Å². The first-order valence-corrected chi connectivity index (χ1v) is 7.69. The van der Waals surface area contributed by atoms with E-state index in [9.17, 15) is 4.79 Å². The number of hydrogen-bond acceptors (Lipinski definition) is 4. The largest absolute Gasteiger partial charge is 0.330 e. The number of carbonyl (C=O) groups is 1. The first kappa shape index (κ1) is 15.6. The molecule has 0 atom stereocenters. The maximum atomic E-state index is 13.0. The normalized spacial score (nSPS) is 10.3. The fraction of sp³-hybridized carbons (Fsp3) is 0.158. The molecule has 0 bridgehead atoms. The molecule has 0 radical (unpaired) electrons. The Hall–Kier alpha value is -3.26. The Labute approximate surface area is 140 Å². The SMILES string of the molecule is N#CCCN(Cc1ccccn1)C(=O)c1nccc2ccccc12. The van der Waals surface area contributed by atoms with Crippen molar-refractivity contribution in [2.45, 2.75) is 13.0 Å². The summed E-state index contributed by atoms with van der Waals surface area (Å²) < 4.78 is 0. The van der Waals surface area contributed by atoms with Crippen LogP contribution in [0.5, 0.6) is 0 Å². The smallest absolute Gasteiger partial charge is 0.273 e. The summed E-state index contributed by atoms with van der Waals surface area (Å²) in [7, 11) is 0. The van der Waals surface area contributed by atoms with Gasteiger partial charge in [0.25, 0.3) is 5.91 Å². The number of nitriles is 1. The summed E-state index contributed by atoms with van der Waals surface area (Å²) in [6.45, 7) is 0.697. The number of pyridine rings is 2. The van der Waals surface area contributed by atoms with Crippen LogP contribution in [0.2, 0.25) is 0 Å². The van der Waals surface area contributed by atoms with Crippen LogP contribution in [-0.2, 0) is 6.54 Å². The van der Waals surface area contributed by atoms with Gasteiger partial charge in [0, 0.05) is 24.3 Å². The fourth-order valence-electron chi connectivity index (χ4n) is 2.56. The minimum atomic E-state index is -0.187. The maximum Gasteiger partial charge on any atom is 0.273 e. The van der Waals surface area contributed by atoms with Gasteiger partial charge in [-0.1, -0.05) is 30.3 Å². The topological polar surface area (TPSA) is 69.9 Å². The van der Waals surface area contributed by atoms with Gasteiger partial charge in [0.2, 0.25) is 0 Å². The van der Waals surface area contributed by atoms with E-state index >= 15 is 0 Å². The molecule has 0 saturated heterocycles. The van der Waals surface area contributed by atoms with Gasteiger partial charge in [-0.2, -0.15) is 5.26 Å². The summed E-state index contributed by atoms with van der Waals surface area (Å²) in [5.74, 6) is -0.187. The van der Waals surface area contributed by atoms with E-state index in [2.05, 4.69) is 16.0 Å². The van der Waals surface area contributed by atoms with E-state index < -0.39 is 0 Å². The monoisotopic (exact) mass is 316 g/mol. The van der Waals surface area contributed by atoms with Crippen LogP contribution in [0, 0.1) is 11.3 Å². The van der Waals surface area contributed by atoms with Crippen LogP contribution in [0.3, 0.4) is 0 Å². The zero-order valence-electron chi connectivity index (χ0n) is 13.1. The minimum Gasteiger partial charge on any atom is -0.330 e. The van der Waals surface area contributed by atoms with E-state index in [0.717, 1.165) is 16.5 Å². The Balaban J connectivity index is 1.94. The molecule has 0 aliphatic rings. The Morgan fingerprint density at radius 3 is 2.67 bits per heavy atom. The molecule has 0 aliphatic heterocycles. The Morgan fingerprint density at radius 2 is 1.88 bits per heavy atom. The van der Waals surface area contributed by atoms with Crippen molar-refractivity contribution in [2.75, 3.05) is 6.54 Å². The van der Waals surface area contributed by atoms with Gasteiger partial charge in [0.1, 0.15) is 5.69 Å². The number of aromatic nitrogens is 2. The lowest BCUT2D eigenvalue weighted by Gasteiger charge is -2.21. The second kappa shape index (κ2) is 7.34. The molecule has 1 amide bonds. The maximum absolute atomic E-state index is 13.0. The van der Waals surface area contributed by atoms with Gasteiger partial charge in [0.15, 0.2) is 0 Å². The van der Waals surface area contributed by atoms with Crippen molar-refractivity contribution in [3.8, 4) is 6.07 Å². The number of fused-ring (bicyclic) bond motifs is 1. The number of carbonyl (C=O) groups excluding carboxylic acids is 1. The molecule has 3 rings (SSSR count). The fourth-order valence-corrected chi connectivity index (χ4v) is 2.56. The van der Waals surface area contributed by atoms with Crippen LogP contribution < -0.4 is 0 Å². The van der Waals surface area contributed by atoms with Gasteiger partial charge in [-0.25, -0.2) is 0 Å². The van der Waals surface area contributed by atoms with Gasteiger partial charge in [-0.3, -0.25) is 14.8 Å². The third-order valence-corrected chi connectivity index (χ3v) is 3.74. The molecule has 24 heavy (non-hydrogen) atoms. The molecular weight excluding hydrogens is 300 g/mol. The van der Waals surface area contributed by atoms with E-state index in [1.165, 1.54) is 0 Å². The highest BCUT2D eigenvalue weighted by Gasteiger charge is 2.19. The third-order valence-electron chi connectivity index (χ3n) is 3.74. The number of benzene rings is 1. The van der Waals surface area contributed by atoms with E-state index in [4.69, 9.17) is 5.26 Å². The molecule has 2 heterocycles. The first-order chi connectivity index (χ1) is 11.8.